The molecule has 2 unspecified atom stereocenters. The first-order valence-electron chi connectivity index (χ1n) is 26.1. The van der Waals surface area contributed by atoms with Crippen LogP contribution in [0.5, 0.6) is 0 Å². The second kappa shape index (κ2) is 26.4. The Morgan fingerprint density at radius 2 is 1.00 bits per heavy atom. The van der Waals surface area contributed by atoms with E-state index in [4.69, 9.17) is 29.2 Å². The van der Waals surface area contributed by atoms with E-state index in [0.29, 0.717) is 61.5 Å². The maximum atomic E-state index is 13.4. The number of anilines is 2. The number of rotatable bonds is 18. The Bertz CT molecular complexity index is 3160. The number of hydrogen-bond acceptors (Lipinski definition) is 15. The molecule has 20 heteroatoms. The Kier molecular flexibility index (Phi) is 19.0. The molecule has 3 aliphatic rings. The van der Waals surface area contributed by atoms with Crippen molar-refractivity contribution in [2.75, 3.05) is 62.0 Å². The van der Waals surface area contributed by atoms with Gasteiger partial charge in [0.1, 0.15) is 30.5 Å². The van der Waals surface area contributed by atoms with Crippen LogP contribution in [0.3, 0.4) is 0 Å². The van der Waals surface area contributed by atoms with Gasteiger partial charge < -0.3 is 30.0 Å². The highest BCUT2D eigenvalue weighted by Gasteiger charge is 2.39. The van der Waals surface area contributed by atoms with Crippen LogP contribution in [0.15, 0.2) is 170 Å². The van der Waals surface area contributed by atoms with Gasteiger partial charge >= 0.3 is 18.2 Å². The third kappa shape index (κ3) is 15.4. The first kappa shape index (κ1) is 57.6. The molecule has 9 rings (SSSR count). The summed E-state index contributed by atoms with van der Waals surface area (Å²) in [5.41, 5.74) is 4.33. The number of benzene rings is 6. The number of carbonyl (C=O) groups excluding carboxylic acids is 5. The Balaban J connectivity index is 0.000000215. The molecular weight excluding hydrogens is 1040 g/mol. The van der Waals surface area contributed by atoms with E-state index in [1.165, 1.54) is 4.90 Å². The Morgan fingerprint density at radius 3 is 1.38 bits per heavy atom. The standard InChI is InChI=1S/C34H38N4O6.C26H25N3O6S/c1-2-43-29(39)21-34(42)17-19-37(20-18-34)22-28-23-38(33(41)44-28)27-15-13-26(14-16-27)31(35)36-32(40)30(24-9-5-3-6-10-24)25-11-7-4-8-12-25;1-36(32,33)34-17-22-16-29(26(31)35-22)21-14-12-20(13-15-21)24(27)28-25(30)23(18-8-4-2-5-9-18)19-10-6-3-7-11-19/h3-16,28,30,42H,2,17-23H2,1H3,(H2,35,36,40);2-15,22-23H,16-17H2,1H3,(H2,27,28,30). The maximum absolute atomic E-state index is 13.4. The molecular formula is C60H63N7O12S. The number of nitrogens with one attached hydrogen (secondary N) is 4. The van der Waals surface area contributed by atoms with Crippen molar-refractivity contribution in [2.24, 2.45) is 0 Å². The summed E-state index contributed by atoms with van der Waals surface area (Å²) in [6.07, 6.45) is -0.345. The van der Waals surface area contributed by atoms with Crippen molar-refractivity contribution < 1.29 is 55.9 Å². The molecule has 0 aromatic heterocycles. The fourth-order valence-corrected chi connectivity index (χ4v) is 10.1. The Morgan fingerprint density at radius 1 is 0.625 bits per heavy atom. The van der Waals surface area contributed by atoms with Crippen LogP contribution in [-0.4, -0.2) is 130 Å². The van der Waals surface area contributed by atoms with Crippen LogP contribution in [0.2, 0.25) is 0 Å². The number of hydrogen-bond donors (Lipinski definition) is 5. The van der Waals surface area contributed by atoms with Gasteiger partial charge in [-0.3, -0.25) is 44.1 Å². The summed E-state index contributed by atoms with van der Waals surface area (Å²) in [6.45, 7) is 3.95. The molecule has 3 aliphatic heterocycles. The van der Waals surface area contributed by atoms with Crippen molar-refractivity contribution in [3.8, 4) is 0 Å². The lowest BCUT2D eigenvalue weighted by Gasteiger charge is -2.38. The molecule has 2 atom stereocenters. The van der Waals surface area contributed by atoms with Crippen LogP contribution in [0.4, 0.5) is 21.0 Å². The number of amidine groups is 2. The van der Waals surface area contributed by atoms with Crippen LogP contribution in [0.1, 0.15) is 71.4 Å². The average molecular weight is 1110 g/mol. The summed E-state index contributed by atoms with van der Waals surface area (Å²) < 4.78 is 42.8. The minimum absolute atomic E-state index is 0.0152. The first-order valence-corrected chi connectivity index (χ1v) is 27.9. The van der Waals surface area contributed by atoms with Gasteiger partial charge in [0.2, 0.25) is 11.8 Å². The quantitative estimate of drug-likeness (QED) is 0.0186. The lowest BCUT2D eigenvalue weighted by Crippen LogP contribution is -2.48. The first-order chi connectivity index (χ1) is 38.5. The number of carbonyl (C=O) groups is 5. The Labute approximate surface area is 464 Å². The molecule has 0 bridgehead atoms. The van der Waals surface area contributed by atoms with E-state index in [1.54, 1.807) is 60.4 Å². The van der Waals surface area contributed by atoms with E-state index in [-0.39, 0.29) is 55.8 Å². The molecule has 19 nitrogen and oxygen atoms in total. The molecule has 3 fully saturated rings. The zero-order chi connectivity index (χ0) is 56.8. The van der Waals surface area contributed by atoms with E-state index >= 15 is 0 Å². The zero-order valence-electron chi connectivity index (χ0n) is 44.2. The van der Waals surface area contributed by atoms with Gasteiger partial charge in [0, 0.05) is 42.1 Å². The number of aliphatic hydroxyl groups is 1. The van der Waals surface area contributed by atoms with Crippen LogP contribution in [-0.2, 0) is 42.9 Å². The van der Waals surface area contributed by atoms with E-state index in [9.17, 15) is 37.5 Å². The molecule has 0 radical (unpaired) electrons. The van der Waals surface area contributed by atoms with Crippen molar-refractivity contribution in [1.82, 2.24) is 15.5 Å². The minimum Gasteiger partial charge on any atom is -0.466 e. The molecule has 3 saturated heterocycles. The summed E-state index contributed by atoms with van der Waals surface area (Å²) >= 11 is 0. The largest absolute Gasteiger partial charge is 0.466 e. The van der Waals surface area contributed by atoms with Crippen LogP contribution in [0.25, 0.3) is 0 Å². The van der Waals surface area contributed by atoms with Crippen molar-refractivity contribution in [2.45, 2.75) is 55.8 Å². The van der Waals surface area contributed by atoms with Crippen LogP contribution >= 0.6 is 0 Å². The summed E-state index contributed by atoms with van der Waals surface area (Å²) in [6, 6.07) is 51.0. The van der Waals surface area contributed by atoms with Gasteiger partial charge in [-0.1, -0.05) is 121 Å². The van der Waals surface area contributed by atoms with Crippen LogP contribution < -0.4 is 20.4 Å². The highest BCUT2D eigenvalue weighted by molar-refractivity contribution is 7.86. The normalized spacial score (nSPS) is 17.0. The summed E-state index contributed by atoms with van der Waals surface area (Å²) in [5, 5.41) is 33.2. The van der Waals surface area contributed by atoms with Gasteiger partial charge in [-0.05, 0) is 90.6 Å². The highest BCUT2D eigenvalue weighted by atomic mass is 32.2. The second-order valence-electron chi connectivity index (χ2n) is 19.6. The van der Waals surface area contributed by atoms with Crippen molar-refractivity contribution in [1.29, 1.82) is 10.8 Å². The predicted molar refractivity (Wildman–Crippen MR) is 300 cm³/mol. The molecule has 6 aromatic rings. The van der Waals surface area contributed by atoms with Crippen LogP contribution in [0, 0.1) is 10.8 Å². The van der Waals surface area contributed by atoms with Crippen molar-refractivity contribution in [3.05, 3.63) is 203 Å². The van der Waals surface area contributed by atoms with Gasteiger partial charge in [-0.25, -0.2) is 9.59 Å². The lowest BCUT2D eigenvalue weighted by molar-refractivity contribution is -0.150. The topological polar surface area (TPSA) is 258 Å². The SMILES string of the molecule is CCOC(=O)CC1(O)CCN(CC2CN(c3ccc(C(=N)NC(=O)C(c4ccccc4)c4ccccc4)cc3)C(=O)O2)CC1.CS(=O)(=O)OCC1CN(c2ccc(C(=N)NC(=O)C(c3ccccc3)c3ccccc3)cc2)C(=O)O1. The molecule has 80 heavy (non-hydrogen) atoms. The smallest absolute Gasteiger partial charge is 0.414 e. The van der Waals surface area contributed by atoms with Gasteiger partial charge in [-0.2, -0.15) is 8.42 Å². The van der Waals surface area contributed by atoms with E-state index < -0.39 is 51.8 Å². The maximum Gasteiger partial charge on any atom is 0.414 e. The predicted octanol–water partition coefficient (Wildman–Crippen LogP) is 7.33. The fourth-order valence-electron chi connectivity index (χ4n) is 9.67. The Hall–Kier alpha value is -8.56. The number of amides is 4. The van der Waals surface area contributed by atoms with E-state index in [2.05, 4.69) is 15.5 Å². The lowest BCUT2D eigenvalue weighted by atomic mass is 9.88. The van der Waals surface area contributed by atoms with E-state index in [1.807, 2.05) is 121 Å². The van der Waals surface area contributed by atoms with Gasteiger partial charge in [0.25, 0.3) is 10.1 Å². The highest BCUT2D eigenvalue weighted by Crippen LogP contribution is 2.30. The van der Waals surface area contributed by atoms with Gasteiger partial charge in [0.15, 0.2) is 0 Å². The number of esters is 1. The number of cyclic esters (lactones) is 2. The fraction of sp³-hybridized carbons (Fsp3) is 0.283. The molecule has 5 N–H and O–H groups in total. The third-order valence-corrected chi connectivity index (χ3v) is 14.3. The number of piperidine rings is 1. The monoisotopic (exact) mass is 1110 g/mol. The van der Waals surface area contributed by atoms with Gasteiger partial charge in [0.05, 0.1) is 49.8 Å². The average Bonchev–Trinajstić information content (AvgIpc) is 4.05. The summed E-state index contributed by atoms with van der Waals surface area (Å²) in [7, 11) is -3.65. The summed E-state index contributed by atoms with van der Waals surface area (Å²) in [4.78, 5) is 68.4. The molecule has 6 aromatic carbocycles. The molecule has 0 saturated carbocycles. The molecule has 0 aliphatic carbocycles. The number of nitrogens with zero attached hydrogens (tertiary/aromatic N) is 3. The number of likely N-dealkylation sites (tertiary alicyclic amines) is 1. The molecule has 416 valence electrons. The minimum atomic E-state index is -3.65. The van der Waals surface area contributed by atoms with E-state index in [0.717, 1.165) is 28.5 Å². The zero-order valence-corrected chi connectivity index (χ0v) is 45.1. The summed E-state index contributed by atoms with van der Waals surface area (Å²) in [5.74, 6) is -2.30. The molecule has 4 amide bonds. The molecule has 0 spiro atoms. The second-order valence-corrected chi connectivity index (χ2v) is 21.2. The van der Waals surface area contributed by atoms with Gasteiger partial charge in [-0.15, -0.1) is 0 Å². The number of ether oxygens (including phenoxy) is 3. The third-order valence-electron chi connectivity index (χ3n) is 13.7. The van der Waals surface area contributed by atoms with Crippen molar-refractivity contribution in [3.63, 3.8) is 0 Å². The van der Waals surface area contributed by atoms with Crippen molar-refractivity contribution >= 4 is 63.1 Å². The molecule has 3 heterocycles.